The summed E-state index contributed by atoms with van der Waals surface area (Å²) in [4.78, 5) is 12.9. The molecule has 0 amide bonds. The summed E-state index contributed by atoms with van der Waals surface area (Å²) in [5.74, 6) is 0.256. The fourth-order valence-corrected chi connectivity index (χ4v) is 4.11. The molecule has 33 heavy (non-hydrogen) atoms. The van der Waals surface area contributed by atoms with E-state index in [4.69, 9.17) is 9.97 Å². The molecule has 4 heterocycles. The van der Waals surface area contributed by atoms with Gasteiger partial charge in [-0.15, -0.1) is 0 Å². The Kier molecular flexibility index (Phi) is 4.30. The minimum Gasteiger partial charge on any atom is -0.390 e. The van der Waals surface area contributed by atoms with Gasteiger partial charge in [0.15, 0.2) is 11.5 Å². The standard InChI is InChI=1S/C24H18FN7O/c1-32-11-16(20(12-33)31-32)17-8-9-19-22(26-17)23(30-29-19)24-27-18-7-3-6-15(21(18)28-24)13-4-2-5-14(25)10-13/h2-11,33H,12H2,1H3,(H,27,28)(H,29,30). The first-order valence-electron chi connectivity index (χ1n) is 10.3. The molecule has 2 aromatic carbocycles. The molecule has 162 valence electrons. The van der Waals surface area contributed by atoms with Crippen LogP contribution in [0.15, 0.2) is 60.8 Å². The second-order valence-corrected chi connectivity index (χ2v) is 7.78. The fraction of sp³-hybridized carbons (Fsp3) is 0.0833. The number of imidazole rings is 1. The molecule has 0 aliphatic heterocycles. The third-order valence-corrected chi connectivity index (χ3v) is 5.61. The number of aliphatic hydroxyl groups is 1. The summed E-state index contributed by atoms with van der Waals surface area (Å²) >= 11 is 0. The minimum atomic E-state index is -0.298. The first-order chi connectivity index (χ1) is 16.1. The molecule has 0 saturated heterocycles. The number of hydrogen-bond acceptors (Lipinski definition) is 5. The van der Waals surface area contributed by atoms with E-state index in [9.17, 15) is 9.50 Å². The molecule has 0 bridgehead atoms. The maximum atomic E-state index is 13.8. The van der Waals surface area contributed by atoms with E-state index in [0.717, 1.165) is 33.2 Å². The highest BCUT2D eigenvalue weighted by Crippen LogP contribution is 2.32. The highest BCUT2D eigenvalue weighted by Gasteiger charge is 2.18. The van der Waals surface area contributed by atoms with Crippen molar-refractivity contribution in [2.24, 2.45) is 7.05 Å². The van der Waals surface area contributed by atoms with E-state index < -0.39 is 0 Å². The van der Waals surface area contributed by atoms with Crippen molar-refractivity contribution in [3.8, 4) is 33.9 Å². The van der Waals surface area contributed by atoms with Gasteiger partial charge in [-0.05, 0) is 35.9 Å². The molecule has 0 fully saturated rings. The summed E-state index contributed by atoms with van der Waals surface area (Å²) in [5.41, 5.74) is 7.08. The van der Waals surface area contributed by atoms with Crippen molar-refractivity contribution in [2.75, 3.05) is 0 Å². The lowest BCUT2D eigenvalue weighted by molar-refractivity contribution is 0.276. The Morgan fingerprint density at radius 1 is 0.970 bits per heavy atom. The zero-order chi connectivity index (χ0) is 22.5. The zero-order valence-electron chi connectivity index (χ0n) is 17.5. The quantitative estimate of drug-likeness (QED) is 0.382. The van der Waals surface area contributed by atoms with Crippen LogP contribution < -0.4 is 0 Å². The van der Waals surface area contributed by atoms with Crippen LogP contribution in [0, 0.1) is 5.82 Å². The van der Waals surface area contributed by atoms with Gasteiger partial charge in [-0.25, -0.2) is 14.4 Å². The molecule has 6 rings (SSSR count). The number of nitrogens with zero attached hydrogens (tertiary/aromatic N) is 5. The summed E-state index contributed by atoms with van der Waals surface area (Å²) in [7, 11) is 1.80. The summed E-state index contributed by atoms with van der Waals surface area (Å²) < 4.78 is 15.5. The average Bonchev–Trinajstić information content (AvgIpc) is 3.53. The Hall–Kier alpha value is -4.37. The number of fused-ring (bicyclic) bond motifs is 2. The van der Waals surface area contributed by atoms with Crippen LogP contribution in [0.4, 0.5) is 4.39 Å². The van der Waals surface area contributed by atoms with Crippen molar-refractivity contribution in [1.82, 2.24) is 34.9 Å². The predicted octanol–water partition coefficient (Wildman–Crippen LogP) is 4.20. The van der Waals surface area contributed by atoms with Crippen molar-refractivity contribution >= 4 is 22.1 Å². The van der Waals surface area contributed by atoms with Gasteiger partial charge in [0, 0.05) is 24.4 Å². The number of benzene rings is 2. The predicted molar refractivity (Wildman–Crippen MR) is 122 cm³/mol. The number of aryl methyl sites for hydroxylation is 1. The fourth-order valence-electron chi connectivity index (χ4n) is 4.11. The van der Waals surface area contributed by atoms with Crippen LogP contribution >= 0.6 is 0 Å². The van der Waals surface area contributed by atoms with Crippen molar-refractivity contribution < 1.29 is 9.50 Å². The number of H-pyrrole nitrogens is 2. The molecule has 6 aromatic rings. The normalized spacial score (nSPS) is 11.6. The topological polar surface area (TPSA) is 108 Å². The van der Waals surface area contributed by atoms with Crippen molar-refractivity contribution in [1.29, 1.82) is 0 Å². The highest BCUT2D eigenvalue weighted by atomic mass is 19.1. The summed E-state index contributed by atoms with van der Waals surface area (Å²) in [5, 5.41) is 21.4. The van der Waals surface area contributed by atoms with Crippen LogP contribution in [0.3, 0.4) is 0 Å². The number of para-hydroxylation sites is 1. The molecule has 3 N–H and O–H groups in total. The minimum absolute atomic E-state index is 0.180. The maximum absolute atomic E-state index is 13.8. The van der Waals surface area contributed by atoms with E-state index in [1.165, 1.54) is 12.1 Å². The van der Waals surface area contributed by atoms with E-state index >= 15 is 0 Å². The zero-order valence-corrected chi connectivity index (χ0v) is 17.5. The molecule has 4 aromatic heterocycles. The van der Waals surface area contributed by atoms with Gasteiger partial charge in [0.1, 0.15) is 11.3 Å². The van der Waals surface area contributed by atoms with Gasteiger partial charge >= 0.3 is 0 Å². The smallest absolute Gasteiger partial charge is 0.161 e. The van der Waals surface area contributed by atoms with Gasteiger partial charge in [0.05, 0.1) is 34.5 Å². The molecule has 0 atom stereocenters. The molecule has 0 spiro atoms. The van der Waals surface area contributed by atoms with Crippen molar-refractivity contribution in [2.45, 2.75) is 6.61 Å². The van der Waals surface area contributed by atoms with Gasteiger partial charge in [0.25, 0.3) is 0 Å². The summed E-state index contributed by atoms with van der Waals surface area (Å²) in [6, 6.07) is 16.0. The average molecular weight is 439 g/mol. The van der Waals surface area contributed by atoms with Gasteiger partial charge < -0.3 is 10.1 Å². The Morgan fingerprint density at radius 2 is 1.85 bits per heavy atom. The largest absolute Gasteiger partial charge is 0.390 e. The molecule has 0 saturated carbocycles. The van der Waals surface area contributed by atoms with E-state index in [2.05, 4.69) is 20.3 Å². The van der Waals surface area contributed by atoms with Gasteiger partial charge in [-0.3, -0.25) is 9.78 Å². The lowest BCUT2D eigenvalue weighted by Gasteiger charge is -2.02. The van der Waals surface area contributed by atoms with Crippen LogP contribution in [0.5, 0.6) is 0 Å². The number of halogens is 1. The number of pyridine rings is 1. The van der Waals surface area contributed by atoms with Crippen molar-refractivity contribution in [3.05, 3.63) is 72.3 Å². The van der Waals surface area contributed by atoms with Crippen LogP contribution in [-0.4, -0.2) is 40.0 Å². The molecule has 8 nitrogen and oxygen atoms in total. The Balaban J connectivity index is 1.51. The number of aromatic nitrogens is 7. The van der Waals surface area contributed by atoms with Gasteiger partial charge in [-0.1, -0.05) is 24.3 Å². The Morgan fingerprint density at radius 3 is 2.70 bits per heavy atom. The molecule has 0 aliphatic carbocycles. The van der Waals surface area contributed by atoms with Gasteiger partial charge in [-0.2, -0.15) is 10.2 Å². The third kappa shape index (κ3) is 3.17. The first-order valence-corrected chi connectivity index (χ1v) is 10.3. The van der Waals surface area contributed by atoms with Gasteiger partial charge in [0.2, 0.25) is 0 Å². The Labute approximate surface area is 186 Å². The SMILES string of the molecule is Cn1cc(-c2ccc3[nH]nc(-c4nc5c(-c6cccc(F)c6)cccc5[nH]4)c3n2)c(CO)n1. The van der Waals surface area contributed by atoms with E-state index in [-0.39, 0.29) is 12.4 Å². The lowest BCUT2D eigenvalue weighted by atomic mass is 10.0. The van der Waals surface area contributed by atoms with Crippen molar-refractivity contribution in [3.63, 3.8) is 0 Å². The van der Waals surface area contributed by atoms with Crippen LogP contribution in [0.25, 0.3) is 56.0 Å². The number of aromatic amines is 2. The molecular formula is C24H18FN7O. The molecule has 9 heteroatoms. The Bertz CT molecular complexity index is 1650. The first kappa shape index (κ1) is 19.3. The summed E-state index contributed by atoms with van der Waals surface area (Å²) in [6.45, 7) is -0.180. The second-order valence-electron chi connectivity index (χ2n) is 7.78. The van der Waals surface area contributed by atoms with E-state index in [1.54, 1.807) is 17.8 Å². The second kappa shape index (κ2) is 7.35. The van der Waals surface area contributed by atoms with Crippen LogP contribution in [-0.2, 0) is 13.7 Å². The van der Waals surface area contributed by atoms with E-state index in [0.29, 0.717) is 28.4 Å². The highest BCUT2D eigenvalue weighted by molar-refractivity contribution is 5.96. The number of rotatable bonds is 4. The summed E-state index contributed by atoms with van der Waals surface area (Å²) in [6.07, 6.45) is 1.83. The third-order valence-electron chi connectivity index (χ3n) is 5.61. The van der Waals surface area contributed by atoms with Crippen LogP contribution in [0.1, 0.15) is 5.69 Å². The number of nitrogens with one attached hydrogen (secondary N) is 2. The van der Waals surface area contributed by atoms with E-state index in [1.807, 2.05) is 42.6 Å². The molecule has 0 aliphatic rings. The molecule has 0 radical (unpaired) electrons. The molecule has 0 unspecified atom stereocenters. The maximum Gasteiger partial charge on any atom is 0.161 e. The number of aliphatic hydroxyl groups excluding tert-OH is 1. The monoisotopic (exact) mass is 439 g/mol. The molecular weight excluding hydrogens is 421 g/mol. The number of hydrogen-bond donors (Lipinski definition) is 3. The lowest BCUT2D eigenvalue weighted by Crippen LogP contribution is -1.92. The van der Waals surface area contributed by atoms with Crippen LogP contribution in [0.2, 0.25) is 0 Å².